The van der Waals surface area contributed by atoms with E-state index < -0.39 is 32.5 Å². The van der Waals surface area contributed by atoms with Crippen LogP contribution in [0.25, 0.3) is 0 Å². The Balaban J connectivity index is 1.26. The molecule has 0 amide bonds. The Hall–Kier alpha value is -1.12. The van der Waals surface area contributed by atoms with Crippen LogP contribution in [0.5, 0.6) is 0 Å². The third-order valence-electron chi connectivity index (χ3n) is 15.8. The van der Waals surface area contributed by atoms with E-state index in [2.05, 4.69) is 34.6 Å². The summed E-state index contributed by atoms with van der Waals surface area (Å²) in [5.74, 6) is 1.10. The van der Waals surface area contributed by atoms with Gasteiger partial charge in [0.15, 0.2) is 15.4 Å². The predicted octanol–water partition coefficient (Wildman–Crippen LogP) is 9.53. The van der Waals surface area contributed by atoms with Gasteiger partial charge < -0.3 is 10.2 Å². The molecular weight excluding hydrogens is 621 g/mol. The monoisotopic (exact) mass is 680 g/mol. The SMILES string of the molecule is CCC1(C)CCC(O)(CC([C@@H](C)[C@H]2CC[C@H]3[C@@H]4CC[C@H]5C[C@](O)(C(F)(F)F)CC[C@]5(C)[C@H]4CC[C@]23C)S(=O)(=O)c2ccccc2)CC1. The summed E-state index contributed by atoms with van der Waals surface area (Å²) in [6.45, 7) is 11.2. The minimum Gasteiger partial charge on any atom is -0.390 e. The van der Waals surface area contributed by atoms with Crippen LogP contribution in [0.3, 0.4) is 0 Å². The molecule has 0 heterocycles. The highest BCUT2D eigenvalue weighted by Gasteiger charge is 2.65. The van der Waals surface area contributed by atoms with Gasteiger partial charge in [0.25, 0.3) is 0 Å². The lowest BCUT2D eigenvalue weighted by atomic mass is 9.43. The van der Waals surface area contributed by atoms with Gasteiger partial charge >= 0.3 is 6.18 Å². The van der Waals surface area contributed by atoms with E-state index in [0.29, 0.717) is 41.9 Å². The number of alkyl halides is 3. The second-order valence-electron chi connectivity index (χ2n) is 18.0. The number of rotatable bonds is 7. The van der Waals surface area contributed by atoms with Gasteiger partial charge in [-0.1, -0.05) is 59.2 Å². The molecule has 0 bridgehead atoms. The third-order valence-corrected chi connectivity index (χ3v) is 18.2. The quantitative estimate of drug-likeness (QED) is 0.301. The van der Waals surface area contributed by atoms with E-state index in [-0.39, 0.29) is 53.3 Å². The summed E-state index contributed by atoms with van der Waals surface area (Å²) < 4.78 is 70.6. The lowest BCUT2D eigenvalue weighted by molar-refractivity contribution is -0.290. The van der Waals surface area contributed by atoms with Crippen LogP contribution < -0.4 is 0 Å². The zero-order valence-electron chi connectivity index (χ0n) is 29.3. The van der Waals surface area contributed by atoms with Crippen LogP contribution in [0.4, 0.5) is 13.2 Å². The molecule has 0 saturated heterocycles. The number of hydrogen-bond donors (Lipinski definition) is 2. The fourth-order valence-corrected chi connectivity index (χ4v) is 14.5. The number of sulfone groups is 1. The largest absolute Gasteiger partial charge is 0.417 e. The number of benzene rings is 1. The van der Waals surface area contributed by atoms with Crippen LogP contribution in [-0.2, 0) is 9.84 Å². The van der Waals surface area contributed by atoms with E-state index in [1.54, 1.807) is 24.3 Å². The first-order chi connectivity index (χ1) is 21.8. The van der Waals surface area contributed by atoms with Gasteiger partial charge in [-0.25, -0.2) is 8.42 Å². The summed E-state index contributed by atoms with van der Waals surface area (Å²) in [4.78, 5) is 0.334. The van der Waals surface area contributed by atoms with Crippen molar-refractivity contribution in [2.45, 2.75) is 158 Å². The van der Waals surface area contributed by atoms with Crippen LogP contribution in [-0.4, -0.2) is 41.3 Å². The molecule has 5 aliphatic rings. The van der Waals surface area contributed by atoms with Crippen molar-refractivity contribution in [3.05, 3.63) is 30.3 Å². The maximum absolute atomic E-state index is 14.5. The molecule has 0 aromatic heterocycles. The maximum atomic E-state index is 14.5. The Labute approximate surface area is 281 Å². The minimum absolute atomic E-state index is 0.0500. The average molecular weight is 681 g/mol. The van der Waals surface area contributed by atoms with Crippen molar-refractivity contribution in [2.24, 2.45) is 51.8 Å². The molecule has 8 heteroatoms. The van der Waals surface area contributed by atoms with E-state index in [1.165, 1.54) is 0 Å². The normalized spacial score (nSPS) is 45.4. The van der Waals surface area contributed by atoms with Gasteiger partial charge in [-0.15, -0.1) is 0 Å². The Bertz CT molecular complexity index is 1390. The highest BCUT2D eigenvalue weighted by Crippen LogP contribution is 2.69. The molecule has 0 radical (unpaired) electrons. The van der Waals surface area contributed by atoms with Gasteiger partial charge in [0.1, 0.15) is 0 Å². The summed E-state index contributed by atoms with van der Waals surface area (Å²) in [7, 11) is -3.72. The van der Waals surface area contributed by atoms with Crippen molar-refractivity contribution >= 4 is 9.84 Å². The van der Waals surface area contributed by atoms with Crippen molar-refractivity contribution < 1.29 is 31.8 Å². The molecule has 10 atom stereocenters. The highest BCUT2D eigenvalue weighted by atomic mass is 32.2. The van der Waals surface area contributed by atoms with Gasteiger partial charge in [0.2, 0.25) is 0 Å². The molecule has 5 fully saturated rings. The molecule has 0 aliphatic heterocycles. The van der Waals surface area contributed by atoms with E-state index in [4.69, 9.17) is 0 Å². The molecule has 2 N–H and O–H groups in total. The summed E-state index contributed by atoms with van der Waals surface area (Å²) in [5, 5.41) is 21.9. The fourth-order valence-electron chi connectivity index (χ4n) is 12.3. The molecule has 4 nitrogen and oxygen atoms in total. The Morgan fingerprint density at radius 3 is 2.09 bits per heavy atom. The van der Waals surface area contributed by atoms with Crippen molar-refractivity contribution in [3.8, 4) is 0 Å². The fraction of sp³-hybridized carbons (Fsp3) is 0.846. The Morgan fingerprint density at radius 2 is 1.47 bits per heavy atom. The van der Waals surface area contributed by atoms with Gasteiger partial charge in [0.05, 0.1) is 15.7 Å². The van der Waals surface area contributed by atoms with E-state index in [1.807, 2.05) is 6.07 Å². The topological polar surface area (TPSA) is 74.6 Å². The number of hydrogen-bond acceptors (Lipinski definition) is 4. The summed E-state index contributed by atoms with van der Waals surface area (Å²) >= 11 is 0. The molecule has 266 valence electrons. The van der Waals surface area contributed by atoms with Crippen molar-refractivity contribution in [1.29, 1.82) is 0 Å². The smallest absolute Gasteiger partial charge is 0.390 e. The first-order valence-electron chi connectivity index (χ1n) is 18.6. The number of aliphatic hydroxyl groups is 2. The molecule has 47 heavy (non-hydrogen) atoms. The molecule has 0 spiro atoms. The number of fused-ring (bicyclic) bond motifs is 5. The van der Waals surface area contributed by atoms with Crippen molar-refractivity contribution in [2.75, 3.05) is 0 Å². The minimum atomic E-state index is -4.60. The first kappa shape index (κ1) is 35.7. The molecule has 1 unspecified atom stereocenters. The summed E-state index contributed by atoms with van der Waals surface area (Å²) in [5.41, 5.74) is -3.64. The lowest BCUT2D eigenvalue weighted by Crippen LogP contribution is -2.59. The zero-order valence-corrected chi connectivity index (χ0v) is 30.1. The molecule has 5 saturated carbocycles. The average Bonchev–Trinajstić information content (AvgIpc) is 3.39. The zero-order chi connectivity index (χ0) is 34.3. The summed E-state index contributed by atoms with van der Waals surface area (Å²) in [6, 6.07) is 8.79. The third kappa shape index (κ3) is 5.94. The number of halogens is 3. The second kappa shape index (κ2) is 12.0. The Morgan fingerprint density at radius 1 is 0.830 bits per heavy atom. The van der Waals surface area contributed by atoms with Crippen LogP contribution in [0, 0.1) is 51.8 Å². The van der Waals surface area contributed by atoms with Gasteiger partial charge in [-0.3, -0.25) is 0 Å². The first-order valence-corrected chi connectivity index (χ1v) is 20.2. The van der Waals surface area contributed by atoms with Gasteiger partial charge in [-0.2, -0.15) is 13.2 Å². The van der Waals surface area contributed by atoms with Crippen molar-refractivity contribution in [3.63, 3.8) is 0 Å². The van der Waals surface area contributed by atoms with Crippen molar-refractivity contribution in [1.82, 2.24) is 0 Å². The van der Waals surface area contributed by atoms with Crippen LogP contribution >= 0.6 is 0 Å². The Kier molecular flexibility index (Phi) is 9.11. The standard InChI is InChI=1S/C39H59F3O4S/c1-6-34(3)18-21-37(43,22-19-34)25-33(47(45,46)28-10-8-7-9-11-28)26(2)30-14-15-31-29-13-12-27-24-38(44,39(40,41)42)23-20-35(27,4)32(29)16-17-36(30,31)5/h7-11,26-27,29-33,43-44H,6,12-25H2,1-5H3/t26-,27-,29-,30+,31-,32-,33?,34?,35-,36+,37?,38-/m0/s1. The molecule has 1 aromatic rings. The van der Waals surface area contributed by atoms with E-state index in [0.717, 1.165) is 57.8 Å². The predicted molar refractivity (Wildman–Crippen MR) is 179 cm³/mol. The van der Waals surface area contributed by atoms with Crippen LogP contribution in [0.1, 0.15) is 131 Å². The summed E-state index contributed by atoms with van der Waals surface area (Å²) in [6.07, 6.45) is 5.28. The van der Waals surface area contributed by atoms with Crippen LogP contribution in [0.15, 0.2) is 35.2 Å². The van der Waals surface area contributed by atoms with Crippen LogP contribution in [0.2, 0.25) is 0 Å². The molecular formula is C39H59F3O4S. The van der Waals surface area contributed by atoms with E-state index >= 15 is 0 Å². The molecule has 6 rings (SSSR count). The van der Waals surface area contributed by atoms with E-state index in [9.17, 15) is 31.8 Å². The molecule has 5 aliphatic carbocycles. The second-order valence-corrected chi connectivity index (χ2v) is 20.1. The van der Waals surface area contributed by atoms with Gasteiger partial charge in [0, 0.05) is 0 Å². The highest BCUT2D eigenvalue weighted by molar-refractivity contribution is 7.92. The lowest BCUT2D eigenvalue weighted by Gasteiger charge is -2.62. The van der Waals surface area contributed by atoms with Gasteiger partial charge in [-0.05, 0) is 154 Å². The maximum Gasteiger partial charge on any atom is 0.417 e. The molecule has 1 aromatic carbocycles.